The zero-order valence-corrected chi connectivity index (χ0v) is 19.6. The molecule has 0 unspecified atom stereocenters. The first kappa shape index (κ1) is 23.5. The molecule has 9 nitrogen and oxygen atoms in total. The fourth-order valence-corrected chi connectivity index (χ4v) is 5.62. The number of hydrogen-bond acceptors (Lipinski definition) is 6. The minimum atomic E-state index is -3.95. The molecule has 1 aliphatic heterocycles. The van der Waals surface area contributed by atoms with Crippen molar-refractivity contribution in [2.24, 2.45) is 0 Å². The molecule has 0 radical (unpaired) electrons. The Hall–Kier alpha value is -3.63. The van der Waals surface area contributed by atoms with Gasteiger partial charge in [-0.05, 0) is 54.8 Å². The standard InChI is InChI=1S/C23H20ClN3O6S/c1-33-21-10-4-8-17(22(21)27(29)30)23(28)25-19-14-16(11-12-18(19)24)34(31,32)26-13-5-7-15-6-2-3-9-20(15)26/h2-4,6,8-12,14H,5,7,13H2,1H3,(H,25,28). The van der Waals surface area contributed by atoms with Gasteiger partial charge in [-0.3, -0.25) is 19.2 Å². The average molecular weight is 502 g/mol. The molecule has 4 rings (SSSR count). The molecular weight excluding hydrogens is 482 g/mol. The van der Waals surface area contributed by atoms with Gasteiger partial charge >= 0.3 is 5.69 Å². The van der Waals surface area contributed by atoms with Crippen LogP contribution in [0.4, 0.5) is 17.1 Å². The first-order valence-corrected chi connectivity index (χ1v) is 12.1. The number of sulfonamides is 1. The minimum absolute atomic E-state index is 0.00940. The predicted molar refractivity (Wildman–Crippen MR) is 128 cm³/mol. The number of anilines is 2. The van der Waals surface area contributed by atoms with Crippen molar-refractivity contribution in [1.29, 1.82) is 0 Å². The normalized spacial score (nSPS) is 13.2. The summed E-state index contributed by atoms with van der Waals surface area (Å²) in [5.74, 6) is -0.908. The molecule has 1 heterocycles. The van der Waals surface area contributed by atoms with Crippen molar-refractivity contribution in [3.63, 3.8) is 0 Å². The van der Waals surface area contributed by atoms with E-state index in [4.69, 9.17) is 16.3 Å². The Labute approximate surface area is 201 Å². The number of benzene rings is 3. The zero-order valence-electron chi connectivity index (χ0n) is 18.0. The first-order valence-electron chi connectivity index (χ1n) is 10.3. The molecule has 0 saturated heterocycles. The van der Waals surface area contributed by atoms with E-state index < -0.39 is 26.5 Å². The number of carbonyl (C=O) groups is 1. The molecule has 0 saturated carbocycles. The number of carbonyl (C=O) groups excluding carboxylic acids is 1. The third kappa shape index (κ3) is 4.29. The molecule has 3 aromatic rings. The fraction of sp³-hybridized carbons (Fsp3) is 0.174. The summed E-state index contributed by atoms with van der Waals surface area (Å²) in [6, 6.07) is 15.3. The Bertz CT molecular complexity index is 1390. The number of fused-ring (bicyclic) bond motifs is 1. The molecule has 176 valence electrons. The molecule has 0 aromatic heterocycles. The van der Waals surface area contributed by atoms with E-state index in [0.29, 0.717) is 18.7 Å². The van der Waals surface area contributed by atoms with Gasteiger partial charge in [-0.1, -0.05) is 35.9 Å². The van der Waals surface area contributed by atoms with Crippen LogP contribution in [-0.4, -0.2) is 32.9 Å². The van der Waals surface area contributed by atoms with E-state index in [1.807, 2.05) is 12.1 Å². The summed E-state index contributed by atoms with van der Waals surface area (Å²) >= 11 is 6.22. The lowest BCUT2D eigenvalue weighted by molar-refractivity contribution is -0.386. The third-order valence-corrected chi connectivity index (χ3v) is 7.63. The number of methoxy groups -OCH3 is 1. The molecule has 0 fully saturated rings. The van der Waals surface area contributed by atoms with Crippen LogP contribution in [0.1, 0.15) is 22.3 Å². The van der Waals surface area contributed by atoms with Crippen LogP contribution in [0, 0.1) is 10.1 Å². The van der Waals surface area contributed by atoms with Crippen molar-refractivity contribution < 1.29 is 22.9 Å². The van der Waals surface area contributed by atoms with Crippen molar-refractivity contribution in [3.05, 3.63) is 86.9 Å². The maximum atomic E-state index is 13.5. The molecule has 3 aromatic carbocycles. The van der Waals surface area contributed by atoms with E-state index in [-0.39, 0.29) is 26.9 Å². The summed E-state index contributed by atoms with van der Waals surface area (Å²) in [7, 11) is -2.69. The van der Waals surface area contributed by atoms with Crippen LogP contribution in [0.2, 0.25) is 5.02 Å². The van der Waals surface area contributed by atoms with Crippen LogP contribution in [0.3, 0.4) is 0 Å². The molecule has 1 aliphatic rings. The van der Waals surface area contributed by atoms with Crippen LogP contribution in [0.25, 0.3) is 0 Å². The summed E-state index contributed by atoms with van der Waals surface area (Å²) in [6.45, 7) is 0.319. The SMILES string of the molecule is COc1cccc(C(=O)Nc2cc(S(=O)(=O)N3CCCc4ccccc43)ccc2Cl)c1[N+](=O)[O-]. The summed E-state index contributed by atoms with van der Waals surface area (Å²) in [5.41, 5.74) is 0.799. The molecule has 0 aliphatic carbocycles. The monoisotopic (exact) mass is 501 g/mol. The van der Waals surface area contributed by atoms with Gasteiger partial charge in [-0.15, -0.1) is 0 Å². The predicted octanol–water partition coefficient (Wildman–Crippen LogP) is 4.65. The highest BCUT2D eigenvalue weighted by molar-refractivity contribution is 7.92. The molecule has 1 amide bonds. The average Bonchev–Trinajstić information content (AvgIpc) is 2.84. The van der Waals surface area contributed by atoms with Gasteiger partial charge in [0.25, 0.3) is 15.9 Å². The van der Waals surface area contributed by atoms with Gasteiger partial charge in [0.05, 0.1) is 33.3 Å². The second kappa shape index (κ2) is 9.32. The fourth-order valence-electron chi connectivity index (χ4n) is 3.88. The third-order valence-electron chi connectivity index (χ3n) is 5.49. The Kier molecular flexibility index (Phi) is 6.45. The van der Waals surface area contributed by atoms with Crippen molar-refractivity contribution in [2.45, 2.75) is 17.7 Å². The second-order valence-electron chi connectivity index (χ2n) is 7.52. The van der Waals surface area contributed by atoms with E-state index in [0.717, 1.165) is 12.0 Å². The maximum Gasteiger partial charge on any atom is 0.323 e. The maximum absolute atomic E-state index is 13.5. The van der Waals surface area contributed by atoms with Gasteiger partial charge in [-0.2, -0.15) is 0 Å². The Morgan fingerprint density at radius 2 is 1.91 bits per heavy atom. The minimum Gasteiger partial charge on any atom is -0.490 e. The number of nitrogens with zero attached hydrogens (tertiary/aromatic N) is 2. The Morgan fingerprint density at radius 1 is 1.15 bits per heavy atom. The lowest BCUT2D eigenvalue weighted by Gasteiger charge is -2.30. The number of rotatable bonds is 6. The summed E-state index contributed by atoms with van der Waals surface area (Å²) < 4.78 is 33.3. The van der Waals surface area contributed by atoms with Crippen LogP contribution in [0.5, 0.6) is 5.75 Å². The summed E-state index contributed by atoms with van der Waals surface area (Å²) in [4.78, 5) is 23.6. The van der Waals surface area contributed by atoms with Crippen molar-refractivity contribution in [1.82, 2.24) is 0 Å². The zero-order chi connectivity index (χ0) is 24.5. The molecule has 0 bridgehead atoms. The number of halogens is 1. The summed E-state index contributed by atoms with van der Waals surface area (Å²) in [5, 5.41) is 14.1. The Balaban J connectivity index is 1.69. The number of amides is 1. The number of para-hydroxylation sites is 2. The molecule has 0 atom stereocenters. The number of nitro groups is 1. The topological polar surface area (TPSA) is 119 Å². The highest BCUT2D eigenvalue weighted by Gasteiger charge is 2.30. The van der Waals surface area contributed by atoms with Crippen LogP contribution >= 0.6 is 11.6 Å². The van der Waals surface area contributed by atoms with E-state index >= 15 is 0 Å². The van der Waals surface area contributed by atoms with Gasteiger partial charge in [-0.25, -0.2) is 8.42 Å². The summed E-state index contributed by atoms with van der Waals surface area (Å²) in [6.07, 6.45) is 1.45. The quantitative estimate of drug-likeness (QED) is 0.388. The highest BCUT2D eigenvalue weighted by atomic mass is 35.5. The number of nitro benzene ring substituents is 1. The Morgan fingerprint density at radius 3 is 2.65 bits per heavy atom. The number of nitrogens with one attached hydrogen (secondary N) is 1. The highest BCUT2D eigenvalue weighted by Crippen LogP contribution is 2.35. The van der Waals surface area contributed by atoms with Crippen molar-refractivity contribution in [3.8, 4) is 5.75 Å². The van der Waals surface area contributed by atoms with Crippen LogP contribution in [-0.2, 0) is 16.4 Å². The molecular formula is C23H20ClN3O6S. The van der Waals surface area contributed by atoms with Crippen molar-refractivity contribution >= 4 is 44.6 Å². The lowest BCUT2D eigenvalue weighted by atomic mass is 10.0. The van der Waals surface area contributed by atoms with Crippen LogP contribution < -0.4 is 14.4 Å². The lowest BCUT2D eigenvalue weighted by Crippen LogP contribution is -2.35. The van der Waals surface area contributed by atoms with E-state index in [9.17, 15) is 23.3 Å². The van der Waals surface area contributed by atoms with Gasteiger partial charge in [0.1, 0.15) is 5.56 Å². The number of aryl methyl sites for hydroxylation is 1. The molecule has 0 spiro atoms. The largest absolute Gasteiger partial charge is 0.490 e. The first-order chi connectivity index (χ1) is 16.2. The van der Waals surface area contributed by atoms with E-state index in [2.05, 4.69) is 5.32 Å². The van der Waals surface area contributed by atoms with Gasteiger partial charge in [0, 0.05) is 6.54 Å². The van der Waals surface area contributed by atoms with Crippen molar-refractivity contribution in [2.75, 3.05) is 23.3 Å². The van der Waals surface area contributed by atoms with E-state index in [1.54, 1.807) is 12.1 Å². The second-order valence-corrected chi connectivity index (χ2v) is 9.79. The van der Waals surface area contributed by atoms with Crippen LogP contribution in [0.15, 0.2) is 65.6 Å². The van der Waals surface area contributed by atoms with E-state index in [1.165, 1.54) is 47.8 Å². The number of hydrogen-bond donors (Lipinski definition) is 1. The molecule has 11 heteroatoms. The van der Waals surface area contributed by atoms with Gasteiger partial charge in [0.15, 0.2) is 5.75 Å². The molecule has 34 heavy (non-hydrogen) atoms. The smallest absolute Gasteiger partial charge is 0.323 e. The molecule has 1 N–H and O–H groups in total. The van der Waals surface area contributed by atoms with Gasteiger partial charge < -0.3 is 10.1 Å². The van der Waals surface area contributed by atoms with Gasteiger partial charge in [0.2, 0.25) is 0 Å². The number of ether oxygens (including phenoxy) is 1.